The number of carbonyl (C=O) groups is 1. The molecule has 0 saturated carbocycles. The fraction of sp³-hybridized carbons (Fsp3) is 0.458. The van der Waals surface area contributed by atoms with Crippen LogP contribution in [0.1, 0.15) is 25.8 Å². The van der Waals surface area contributed by atoms with Gasteiger partial charge in [-0.05, 0) is 50.1 Å². The Hall–Kier alpha value is -2.73. The maximum absolute atomic E-state index is 11.9. The van der Waals surface area contributed by atoms with Crippen molar-refractivity contribution in [1.82, 2.24) is 0 Å². The summed E-state index contributed by atoms with van der Waals surface area (Å²) in [6.45, 7) is 7.04. The topological polar surface area (TPSA) is 60.0 Å². The van der Waals surface area contributed by atoms with Crippen molar-refractivity contribution in [3.05, 3.63) is 54.1 Å². The van der Waals surface area contributed by atoms with Gasteiger partial charge in [-0.15, -0.1) is 0 Å². The minimum Gasteiger partial charge on any atom is -0.487 e. The highest BCUT2D eigenvalue weighted by Gasteiger charge is 2.22. The van der Waals surface area contributed by atoms with Gasteiger partial charge in [0.15, 0.2) is 6.10 Å². The number of anilines is 2. The lowest BCUT2D eigenvalue weighted by Crippen LogP contribution is -2.39. The van der Waals surface area contributed by atoms with E-state index in [1.165, 1.54) is 12.8 Å². The quantitative estimate of drug-likeness (QED) is 0.472. The van der Waals surface area contributed by atoms with Gasteiger partial charge in [-0.2, -0.15) is 0 Å². The van der Waals surface area contributed by atoms with E-state index in [9.17, 15) is 4.79 Å². The average Bonchev–Trinajstić information content (AvgIpc) is 2.75. The van der Waals surface area contributed by atoms with Gasteiger partial charge in [0.25, 0.3) is 0 Å². The maximum atomic E-state index is 11.9. The van der Waals surface area contributed by atoms with Crippen molar-refractivity contribution in [1.29, 1.82) is 0 Å². The molecule has 2 unspecified atom stereocenters. The predicted octanol–water partition coefficient (Wildman–Crippen LogP) is 3.90. The Morgan fingerprint density at radius 2 is 2.00 bits per heavy atom. The largest absolute Gasteiger partial charge is 0.487 e. The molecule has 0 spiro atoms. The van der Waals surface area contributed by atoms with E-state index in [4.69, 9.17) is 14.2 Å². The van der Waals surface area contributed by atoms with E-state index in [2.05, 4.69) is 29.3 Å². The summed E-state index contributed by atoms with van der Waals surface area (Å²) in [6.07, 6.45) is 1.16. The number of fused-ring (bicyclic) bond motifs is 1. The van der Waals surface area contributed by atoms with E-state index < -0.39 is 6.10 Å². The molecule has 1 heterocycles. The van der Waals surface area contributed by atoms with Crippen molar-refractivity contribution in [3.8, 4) is 5.75 Å². The van der Waals surface area contributed by atoms with Gasteiger partial charge in [-0.3, -0.25) is 0 Å². The van der Waals surface area contributed by atoms with Crippen LogP contribution in [0, 0.1) is 0 Å². The normalized spacial score (nSPS) is 16.4. The van der Waals surface area contributed by atoms with Crippen LogP contribution in [-0.4, -0.2) is 51.5 Å². The summed E-state index contributed by atoms with van der Waals surface area (Å²) in [6, 6.07) is 16.4. The van der Waals surface area contributed by atoms with E-state index in [0.717, 1.165) is 43.1 Å². The van der Waals surface area contributed by atoms with Crippen molar-refractivity contribution in [2.24, 2.45) is 0 Å². The Balaban J connectivity index is 1.45. The van der Waals surface area contributed by atoms with Crippen LogP contribution in [0.2, 0.25) is 0 Å². The van der Waals surface area contributed by atoms with Crippen LogP contribution in [0.5, 0.6) is 5.75 Å². The molecule has 0 aliphatic carbocycles. The number of nitrogens with one attached hydrogen (secondary N) is 1. The van der Waals surface area contributed by atoms with Crippen LogP contribution < -0.4 is 15.0 Å². The third-order valence-corrected chi connectivity index (χ3v) is 5.15. The molecular formula is C24H32N2O4. The fourth-order valence-electron chi connectivity index (χ4n) is 3.67. The van der Waals surface area contributed by atoms with Gasteiger partial charge in [0.2, 0.25) is 0 Å². The Morgan fingerprint density at radius 3 is 2.73 bits per heavy atom. The van der Waals surface area contributed by atoms with Gasteiger partial charge < -0.3 is 24.4 Å². The number of hydrogen-bond acceptors (Lipinski definition) is 6. The SMILES string of the molecule is CCOC(=O)C(Cc1ccc(NCCCN2CC(C)Oc3ccccc32)cc1)OC. The van der Waals surface area contributed by atoms with E-state index in [-0.39, 0.29) is 12.1 Å². The zero-order chi connectivity index (χ0) is 21.3. The van der Waals surface area contributed by atoms with Gasteiger partial charge in [-0.1, -0.05) is 24.3 Å². The molecule has 1 aliphatic rings. The van der Waals surface area contributed by atoms with Crippen molar-refractivity contribution >= 4 is 17.3 Å². The van der Waals surface area contributed by atoms with E-state index in [1.54, 1.807) is 6.92 Å². The summed E-state index contributed by atoms with van der Waals surface area (Å²) in [5.74, 6) is 0.651. The molecule has 2 atom stereocenters. The fourth-order valence-corrected chi connectivity index (χ4v) is 3.67. The van der Waals surface area contributed by atoms with Crippen LogP contribution in [-0.2, 0) is 20.7 Å². The standard InChI is InChI=1S/C24H32N2O4/c1-4-29-24(27)23(28-3)16-19-10-12-20(13-11-19)25-14-7-15-26-17-18(2)30-22-9-6-5-8-21(22)26/h5-6,8-13,18,23,25H,4,7,14-17H2,1-3H3. The third kappa shape index (κ3) is 5.89. The van der Waals surface area contributed by atoms with Gasteiger partial charge >= 0.3 is 5.97 Å². The van der Waals surface area contributed by atoms with Gasteiger partial charge in [0.05, 0.1) is 18.8 Å². The number of rotatable bonds is 10. The van der Waals surface area contributed by atoms with Crippen LogP contribution in [0.3, 0.4) is 0 Å². The summed E-state index contributed by atoms with van der Waals surface area (Å²) in [5, 5.41) is 3.48. The molecule has 2 aromatic rings. The Labute approximate surface area is 179 Å². The first-order valence-corrected chi connectivity index (χ1v) is 10.6. The molecule has 3 rings (SSSR count). The van der Waals surface area contributed by atoms with Crippen molar-refractivity contribution in [2.75, 3.05) is 43.6 Å². The smallest absolute Gasteiger partial charge is 0.335 e. The van der Waals surface area contributed by atoms with Crippen LogP contribution in [0.4, 0.5) is 11.4 Å². The second-order valence-electron chi connectivity index (χ2n) is 7.50. The summed E-state index contributed by atoms with van der Waals surface area (Å²) >= 11 is 0. The lowest BCUT2D eigenvalue weighted by molar-refractivity contribution is -0.154. The minimum atomic E-state index is -0.567. The Kier molecular flexibility index (Phi) is 7.97. The molecule has 30 heavy (non-hydrogen) atoms. The number of methoxy groups -OCH3 is 1. The first-order valence-electron chi connectivity index (χ1n) is 10.6. The molecule has 0 radical (unpaired) electrons. The third-order valence-electron chi connectivity index (χ3n) is 5.15. The van der Waals surface area contributed by atoms with Crippen LogP contribution in [0.15, 0.2) is 48.5 Å². The summed E-state index contributed by atoms with van der Waals surface area (Å²) in [7, 11) is 1.53. The van der Waals surface area contributed by atoms with Crippen LogP contribution in [0.25, 0.3) is 0 Å². The molecule has 0 amide bonds. The molecule has 0 aromatic heterocycles. The van der Waals surface area contributed by atoms with E-state index >= 15 is 0 Å². The average molecular weight is 413 g/mol. The maximum Gasteiger partial charge on any atom is 0.335 e. The number of esters is 1. The van der Waals surface area contributed by atoms with E-state index in [1.807, 2.05) is 36.4 Å². The highest BCUT2D eigenvalue weighted by Crippen LogP contribution is 2.32. The summed E-state index contributed by atoms with van der Waals surface area (Å²) in [4.78, 5) is 14.3. The van der Waals surface area contributed by atoms with E-state index in [0.29, 0.717) is 13.0 Å². The van der Waals surface area contributed by atoms with Crippen LogP contribution >= 0.6 is 0 Å². The van der Waals surface area contributed by atoms with Gasteiger partial charge in [0.1, 0.15) is 11.9 Å². The second kappa shape index (κ2) is 10.9. The molecule has 162 valence electrons. The number of hydrogen-bond donors (Lipinski definition) is 1. The lowest BCUT2D eigenvalue weighted by atomic mass is 10.1. The zero-order valence-electron chi connectivity index (χ0n) is 18.1. The number of carbonyl (C=O) groups excluding carboxylic acids is 1. The molecule has 0 fully saturated rings. The number of para-hydroxylation sites is 2. The minimum absolute atomic E-state index is 0.200. The molecule has 0 saturated heterocycles. The first-order chi connectivity index (χ1) is 14.6. The highest BCUT2D eigenvalue weighted by molar-refractivity contribution is 5.75. The zero-order valence-corrected chi connectivity index (χ0v) is 18.1. The molecular weight excluding hydrogens is 380 g/mol. The Bertz CT molecular complexity index is 809. The van der Waals surface area contributed by atoms with Crippen molar-refractivity contribution in [2.45, 2.75) is 38.9 Å². The highest BCUT2D eigenvalue weighted by atomic mass is 16.6. The molecule has 6 heteroatoms. The Morgan fingerprint density at radius 1 is 1.23 bits per heavy atom. The number of ether oxygens (including phenoxy) is 3. The summed E-state index contributed by atoms with van der Waals surface area (Å²) in [5.41, 5.74) is 3.29. The van der Waals surface area contributed by atoms with Crippen molar-refractivity contribution in [3.63, 3.8) is 0 Å². The van der Waals surface area contributed by atoms with Crippen molar-refractivity contribution < 1.29 is 19.0 Å². The first kappa shape index (κ1) is 22.0. The number of benzene rings is 2. The molecule has 2 aromatic carbocycles. The second-order valence-corrected chi connectivity index (χ2v) is 7.50. The lowest BCUT2D eigenvalue weighted by Gasteiger charge is -2.35. The molecule has 1 aliphatic heterocycles. The van der Waals surface area contributed by atoms with Gasteiger partial charge in [-0.25, -0.2) is 4.79 Å². The monoisotopic (exact) mass is 412 g/mol. The predicted molar refractivity (Wildman–Crippen MR) is 119 cm³/mol. The van der Waals surface area contributed by atoms with Gasteiger partial charge in [0, 0.05) is 32.3 Å². The molecule has 1 N–H and O–H groups in total. The summed E-state index contributed by atoms with van der Waals surface area (Å²) < 4.78 is 16.2. The number of nitrogens with zero attached hydrogens (tertiary/aromatic N) is 1. The molecule has 0 bridgehead atoms. The molecule has 6 nitrogen and oxygen atoms in total.